The molecule has 0 saturated heterocycles. The van der Waals surface area contributed by atoms with E-state index in [9.17, 15) is 4.79 Å². The number of methoxy groups -OCH3 is 1. The SMILES string of the molecule is COc1ccc(N=NC=CC(=O)O)cc1. The highest BCUT2D eigenvalue weighted by Gasteiger charge is 1.90. The Morgan fingerprint density at radius 3 is 2.60 bits per heavy atom. The molecule has 0 radical (unpaired) electrons. The predicted molar refractivity (Wildman–Crippen MR) is 54.3 cm³/mol. The lowest BCUT2D eigenvalue weighted by Crippen LogP contribution is -1.84. The zero-order chi connectivity index (χ0) is 11.1. The van der Waals surface area contributed by atoms with Crippen LogP contribution in [0.3, 0.4) is 0 Å². The van der Waals surface area contributed by atoms with Gasteiger partial charge in [0.05, 0.1) is 19.0 Å². The molecule has 5 heteroatoms. The van der Waals surface area contributed by atoms with Gasteiger partial charge in [0.25, 0.3) is 0 Å². The van der Waals surface area contributed by atoms with Crippen LogP contribution in [0.15, 0.2) is 46.8 Å². The standard InChI is InChI=1S/C10H10N2O3/c1-15-9-4-2-8(3-5-9)12-11-7-6-10(13)14/h2-7H,1H3,(H,13,14). The van der Waals surface area contributed by atoms with Gasteiger partial charge in [0.2, 0.25) is 0 Å². The van der Waals surface area contributed by atoms with Gasteiger partial charge in [-0.05, 0) is 24.3 Å². The highest BCUT2D eigenvalue weighted by Crippen LogP contribution is 2.17. The van der Waals surface area contributed by atoms with Crippen molar-refractivity contribution in [2.45, 2.75) is 0 Å². The summed E-state index contributed by atoms with van der Waals surface area (Å²) in [6.07, 6.45) is 2.03. The summed E-state index contributed by atoms with van der Waals surface area (Å²) in [7, 11) is 1.58. The summed E-state index contributed by atoms with van der Waals surface area (Å²) < 4.78 is 4.96. The monoisotopic (exact) mass is 206 g/mol. The molecule has 15 heavy (non-hydrogen) atoms. The average Bonchev–Trinajstić information content (AvgIpc) is 2.25. The molecule has 1 N–H and O–H groups in total. The van der Waals surface area contributed by atoms with E-state index in [1.54, 1.807) is 31.4 Å². The molecule has 0 bridgehead atoms. The Morgan fingerprint density at radius 2 is 2.07 bits per heavy atom. The molecular weight excluding hydrogens is 196 g/mol. The smallest absolute Gasteiger partial charge is 0.329 e. The molecule has 0 aromatic heterocycles. The van der Waals surface area contributed by atoms with E-state index < -0.39 is 5.97 Å². The number of azo groups is 1. The third kappa shape index (κ3) is 4.04. The van der Waals surface area contributed by atoms with Crippen LogP contribution in [0.5, 0.6) is 5.75 Å². The Balaban J connectivity index is 2.61. The minimum absolute atomic E-state index is 0.630. The van der Waals surface area contributed by atoms with Crippen molar-refractivity contribution in [3.63, 3.8) is 0 Å². The number of rotatable bonds is 4. The van der Waals surface area contributed by atoms with E-state index in [0.717, 1.165) is 18.0 Å². The lowest BCUT2D eigenvalue weighted by Gasteiger charge is -1.97. The zero-order valence-electron chi connectivity index (χ0n) is 8.12. The number of ether oxygens (including phenoxy) is 1. The van der Waals surface area contributed by atoms with Crippen LogP contribution in [0.4, 0.5) is 5.69 Å². The van der Waals surface area contributed by atoms with Crippen molar-refractivity contribution in [2.75, 3.05) is 7.11 Å². The second-order valence-corrected chi connectivity index (χ2v) is 2.57. The van der Waals surface area contributed by atoms with Crippen molar-refractivity contribution in [3.05, 3.63) is 36.5 Å². The first-order valence-electron chi connectivity index (χ1n) is 4.17. The summed E-state index contributed by atoms with van der Waals surface area (Å²) in [4.78, 5) is 10.1. The molecule has 1 aromatic carbocycles. The normalized spacial score (nSPS) is 11.0. The van der Waals surface area contributed by atoms with Gasteiger partial charge in [-0.25, -0.2) is 4.79 Å². The lowest BCUT2D eigenvalue weighted by molar-refractivity contribution is -0.131. The quantitative estimate of drug-likeness (QED) is 0.607. The number of nitrogens with zero attached hydrogens (tertiary/aromatic N) is 2. The van der Waals surface area contributed by atoms with Gasteiger partial charge in [0.1, 0.15) is 5.75 Å². The van der Waals surface area contributed by atoms with Gasteiger partial charge in [-0.15, -0.1) is 0 Å². The second kappa shape index (κ2) is 5.54. The van der Waals surface area contributed by atoms with E-state index in [4.69, 9.17) is 9.84 Å². The zero-order valence-corrected chi connectivity index (χ0v) is 8.12. The molecule has 0 spiro atoms. The summed E-state index contributed by atoms with van der Waals surface area (Å²) in [6, 6.07) is 6.93. The lowest BCUT2D eigenvalue weighted by atomic mass is 10.3. The molecule has 1 aromatic rings. The number of hydrogen-bond acceptors (Lipinski definition) is 4. The molecule has 78 valence electrons. The summed E-state index contributed by atoms with van der Waals surface area (Å²) in [5, 5.41) is 15.6. The van der Waals surface area contributed by atoms with E-state index in [1.165, 1.54) is 0 Å². The molecule has 1 rings (SSSR count). The van der Waals surface area contributed by atoms with Crippen LogP contribution in [-0.4, -0.2) is 18.2 Å². The largest absolute Gasteiger partial charge is 0.497 e. The van der Waals surface area contributed by atoms with Crippen molar-refractivity contribution >= 4 is 11.7 Å². The van der Waals surface area contributed by atoms with Crippen LogP contribution < -0.4 is 4.74 Å². The molecule has 0 aliphatic carbocycles. The van der Waals surface area contributed by atoms with E-state index in [0.29, 0.717) is 5.69 Å². The molecule has 0 fully saturated rings. The van der Waals surface area contributed by atoms with Gasteiger partial charge in [-0.3, -0.25) is 0 Å². The molecule has 0 atom stereocenters. The van der Waals surface area contributed by atoms with Crippen LogP contribution in [-0.2, 0) is 4.79 Å². The Hall–Kier alpha value is -2.17. The molecule has 0 amide bonds. The summed E-state index contributed by atoms with van der Waals surface area (Å²) in [6.45, 7) is 0. The Bertz CT molecular complexity index is 382. The molecular formula is C10H10N2O3. The summed E-state index contributed by atoms with van der Waals surface area (Å²) in [5.74, 6) is -0.321. The van der Waals surface area contributed by atoms with Gasteiger partial charge >= 0.3 is 5.97 Å². The second-order valence-electron chi connectivity index (χ2n) is 2.57. The van der Waals surface area contributed by atoms with Gasteiger partial charge in [0.15, 0.2) is 0 Å². The maximum atomic E-state index is 10.1. The van der Waals surface area contributed by atoms with Crippen molar-refractivity contribution < 1.29 is 14.6 Å². The third-order valence-corrected chi connectivity index (χ3v) is 1.53. The minimum atomic E-state index is -1.05. The average molecular weight is 206 g/mol. The molecule has 0 aliphatic rings. The third-order valence-electron chi connectivity index (χ3n) is 1.53. The first-order chi connectivity index (χ1) is 7.22. The van der Waals surface area contributed by atoms with Crippen molar-refractivity contribution in [1.82, 2.24) is 0 Å². The number of benzene rings is 1. The molecule has 0 saturated carbocycles. The van der Waals surface area contributed by atoms with Gasteiger partial charge in [0, 0.05) is 6.08 Å². The maximum absolute atomic E-state index is 10.1. The predicted octanol–water partition coefficient (Wildman–Crippen LogP) is 2.38. The highest BCUT2D eigenvalue weighted by molar-refractivity contribution is 5.79. The van der Waals surface area contributed by atoms with Crippen LogP contribution in [0, 0.1) is 0 Å². The fourth-order valence-corrected chi connectivity index (χ4v) is 0.846. The van der Waals surface area contributed by atoms with Crippen molar-refractivity contribution in [3.8, 4) is 5.75 Å². The Morgan fingerprint density at radius 1 is 1.40 bits per heavy atom. The van der Waals surface area contributed by atoms with E-state index in [1.807, 2.05) is 0 Å². The Labute approximate surface area is 86.7 Å². The van der Waals surface area contributed by atoms with E-state index >= 15 is 0 Å². The number of carboxylic acid groups (broad SMARTS) is 1. The van der Waals surface area contributed by atoms with Crippen LogP contribution in [0.1, 0.15) is 0 Å². The first kappa shape index (κ1) is 10.9. The summed E-state index contributed by atoms with van der Waals surface area (Å²) in [5.41, 5.74) is 0.630. The fraction of sp³-hybridized carbons (Fsp3) is 0.100. The van der Waals surface area contributed by atoms with Crippen LogP contribution in [0.25, 0.3) is 0 Å². The minimum Gasteiger partial charge on any atom is -0.497 e. The van der Waals surface area contributed by atoms with Gasteiger partial charge in [-0.1, -0.05) is 0 Å². The maximum Gasteiger partial charge on any atom is 0.329 e. The van der Waals surface area contributed by atoms with E-state index in [-0.39, 0.29) is 0 Å². The molecule has 0 aliphatic heterocycles. The van der Waals surface area contributed by atoms with Crippen LogP contribution >= 0.6 is 0 Å². The van der Waals surface area contributed by atoms with Gasteiger partial charge in [-0.2, -0.15) is 10.2 Å². The van der Waals surface area contributed by atoms with Crippen LogP contribution in [0.2, 0.25) is 0 Å². The summed E-state index contributed by atoms with van der Waals surface area (Å²) >= 11 is 0. The van der Waals surface area contributed by atoms with E-state index in [2.05, 4.69) is 10.2 Å². The molecule has 0 heterocycles. The molecule has 5 nitrogen and oxygen atoms in total. The van der Waals surface area contributed by atoms with Crippen molar-refractivity contribution in [2.24, 2.45) is 10.2 Å². The number of hydrogen-bond donors (Lipinski definition) is 1. The molecule has 0 unspecified atom stereocenters. The topological polar surface area (TPSA) is 71.2 Å². The number of aliphatic carboxylic acids is 1. The highest BCUT2D eigenvalue weighted by atomic mass is 16.5. The number of carboxylic acids is 1. The number of carbonyl (C=O) groups is 1. The Kier molecular flexibility index (Phi) is 4.03. The van der Waals surface area contributed by atoms with Crippen molar-refractivity contribution in [1.29, 1.82) is 0 Å². The van der Waals surface area contributed by atoms with Gasteiger partial charge < -0.3 is 9.84 Å². The first-order valence-corrected chi connectivity index (χ1v) is 4.17. The fourth-order valence-electron chi connectivity index (χ4n) is 0.846.